The molecular weight excluding hydrogens is 373 g/mol. The van der Waals surface area contributed by atoms with Crippen molar-refractivity contribution in [2.75, 3.05) is 5.75 Å². The number of aromatic nitrogens is 3. The van der Waals surface area contributed by atoms with E-state index >= 15 is 0 Å². The standard InChI is InChI=1S/C17H16FN5O3S/c1-2-23-15(13-8-5-9-26-13)20-22-17(23)27-10-14(24)19-21-16(25)11-6-3-4-7-12(11)18/h3-9H,2,10H2,1H3,(H,19,24)(H,21,25). The molecule has 0 atom stereocenters. The molecule has 2 aromatic heterocycles. The monoisotopic (exact) mass is 389 g/mol. The van der Waals surface area contributed by atoms with Crippen molar-refractivity contribution in [3.05, 3.63) is 54.0 Å². The highest BCUT2D eigenvalue weighted by Crippen LogP contribution is 2.23. The fourth-order valence-electron chi connectivity index (χ4n) is 2.27. The molecule has 0 spiro atoms. The van der Waals surface area contributed by atoms with Crippen LogP contribution < -0.4 is 10.9 Å². The van der Waals surface area contributed by atoms with Gasteiger partial charge in [0.1, 0.15) is 5.82 Å². The molecule has 3 aromatic rings. The van der Waals surface area contributed by atoms with Crippen molar-refractivity contribution in [3.8, 4) is 11.6 Å². The number of carbonyl (C=O) groups excluding carboxylic acids is 2. The van der Waals surface area contributed by atoms with Gasteiger partial charge in [-0.15, -0.1) is 10.2 Å². The molecule has 8 nitrogen and oxygen atoms in total. The summed E-state index contributed by atoms with van der Waals surface area (Å²) in [6.45, 7) is 2.52. The lowest BCUT2D eigenvalue weighted by Gasteiger charge is -2.08. The Bertz CT molecular complexity index is 942. The molecule has 0 saturated carbocycles. The van der Waals surface area contributed by atoms with Crippen LogP contribution in [0.25, 0.3) is 11.6 Å². The van der Waals surface area contributed by atoms with Crippen LogP contribution >= 0.6 is 11.8 Å². The smallest absolute Gasteiger partial charge is 0.272 e. The highest BCUT2D eigenvalue weighted by Gasteiger charge is 2.17. The van der Waals surface area contributed by atoms with Crippen LogP contribution in [0.4, 0.5) is 4.39 Å². The number of amides is 2. The summed E-state index contributed by atoms with van der Waals surface area (Å²) in [6.07, 6.45) is 1.54. The Morgan fingerprint density at radius 1 is 1.19 bits per heavy atom. The van der Waals surface area contributed by atoms with Gasteiger partial charge in [-0.25, -0.2) is 4.39 Å². The summed E-state index contributed by atoms with van der Waals surface area (Å²) < 4.78 is 20.7. The molecule has 0 saturated heterocycles. The summed E-state index contributed by atoms with van der Waals surface area (Å²) in [5.74, 6) is -0.720. The highest BCUT2D eigenvalue weighted by molar-refractivity contribution is 7.99. The lowest BCUT2D eigenvalue weighted by molar-refractivity contribution is -0.119. The van der Waals surface area contributed by atoms with E-state index in [0.29, 0.717) is 23.3 Å². The molecule has 0 aliphatic heterocycles. The first-order valence-corrected chi connectivity index (χ1v) is 9.02. The SMILES string of the molecule is CCn1c(SCC(=O)NNC(=O)c2ccccc2F)nnc1-c1ccco1. The van der Waals surface area contributed by atoms with E-state index in [1.807, 2.05) is 11.5 Å². The molecule has 0 bridgehead atoms. The number of hydrogen-bond acceptors (Lipinski definition) is 6. The van der Waals surface area contributed by atoms with E-state index in [0.717, 1.165) is 11.8 Å². The van der Waals surface area contributed by atoms with Crippen LogP contribution in [0.1, 0.15) is 17.3 Å². The van der Waals surface area contributed by atoms with Crippen molar-refractivity contribution >= 4 is 23.6 Å². The largest absolute Gasteiger partial charge is 0.461 e. The predicted molar refractivity (Wildman–Crippen MR) is 96.1 cm³/mol. The number of rotatable bonds is 6. The normalized spacial score (nSPS) is 10.6. The number of benzene rings is 1. The Kier molecular flexibility index (Phi) is 5.87. The van der Waals surface area contributed by atoms with Crippen molar-refractivity contribution in [1.29, 1.82) is 0 Å². The fraction of sp³-hybridized carbons (Fsp3) is 0.176. The van der Waals surface area contributed by atoms with Gasteiger partial charge in [-0.3, -0.25) is 25.0 Å². The fourth-order valence-corrected chi connectivity index (χ4v) is 3.08. The van der Waals surface area contributed by atoms with Crippen LogP contribution in [-0.4, -0.2) is 32.3 Å². The maximum atomic E-state index is 13.5. The third-order valence-corrected chi connectivity index (χ3v) is 4.51. The van der Waals surface area contributed by atoms with E-state index < -0.39 is 17.6 Å². The Labute approximate surface area is 158 Å². The van der Waals surface area contributed by atoms with Crippen molar-refractivity contribution < 1.29 is 18.4 Å². The minimum Gasteiger partial charge on any atom is -0.461 e. The molecule has 1 aromatic carbocycles. The highest BCUT2D eigenvalue weighted by atomic mass is 32.2. The van der Waals surface area contributed by atoms with Gasteiger partial charge in [0, 0.05) is 6.54 Å². The Morgan fingerprint density at radius 3 is 2.70 bits per heavy atom. The molecule has 0 aliphatic carbocycles. The molecule has 2 heterocycles. The zero-order valence-electron chi connectivity index (χ0n) is 14.3. The van der Waals surface area contributed by atoms with Gasteiger partial charge < -0.3 is 4.42 Å². The first kappa shape index (κ1) is 18.6. The predicted octanol–water partition coefficient (Wildman–Crippen LogP) is 2.25. The average molecular weight is 389 g/mol. The summed E-state index contributed by atoms with van der Waals surface area (Å²) >= 11 is 1.16. The zero-order valence-corrected chi connectivity index (χ0v) is 15.1. The van der Waals surface area contributed by atoms with Crippen LogP contribution in [0.5, 0.6) is 0 Å². The number of furan rings is 1. The van der Waals surface area contributed by atoms with Gasteiger partial charge in [0.05, 0.1) is 17.6 Å². The van der Waals surface area contributed by atoms with Crippen molar-refractivity contribution in [1.82, 2.24) is 25.6 Å². The summed E-state index contributed by atoms with van der Waals surface area (Å²) in [5.41, 5.74) is 4.28. The summed E-state index contributed by atoms with van der Waals surface area (Å²) in [4.78, 5) is 23.8. The maximum Gasteiger partial charge on any atom is 0.272 e. The van der Waals surface area contributed by atoms with Crippen molar-refractivity contribution in [2.45, 2.75) is 18.6 Å². The Hall–Kier alpha value is -3.14. The van der Waals surface area contributed by atoms with Crippen molar-refractivity contribution in [2.24, 2.45) is 0 Å². The first-order chi connectivity index (χ1) is 13.1. The van der Waals surface area contributed by atoms with Gasteiger partial charge in [-0.2, -0.15) is 0 Å². The summed E-state index contributed by atoms with van der Waals surface area (Å²) in [6, 6.07) is 9.02. The molecule has 2 N–H and O–H groups in total. The van der Waals surface area contributed by atoms with E-state index in [2.05, 4.69) is 21.0 Å². The molecule has 0 radical (unpaired) electrons. The van der Waals surface area contributed by atoms with Crippen LogP contribution in [0.3, 0.4) is 0 Å². The minimum atomic E-state index is -0.733. The molecule has 0 aliphatic rings. The van der Waals surface area contributed by atoms with Gasteiger partial charge in [0.2, 0.25) is 5.91 Å². The summed E-state index contributed by atoms with van der Waals surface area (Å²) in [5, 5.41) is 8.70. The molecular formula is C17H16FN5O3S. The number of nitrogens with zero attached hydrogens (tertiary/aromatic N) is 3. The van der Waals surface area contributed by atoms with Crippen LogP contribution in [0, 0.1) is 5.82 Å². The number of carbonyl (C=O) groups is 2. The van der Waals surface area contributed by atoms with Crippen LogP contribution in [0.2, 0.25) is 0 Å². The molecule has 140 valence electrons. The minimum absolute atomic E-state index is 0.00611. The second-order valence-corrected chi connectivity index (χ2v) is 6.24. The number of thioether (sulfide) groups is 1. The van der Waals surface area contributed by atoms with Gasteiger partial charge in [0.15, 0.2) is 16.7 Å². The molecule has 0 unspecified atom stereocenters. The second-order valence-electron chi connectivity index (χ2n) is 5.30. The lowest BCUT2D eigenvalue weighted by atomic mass is 10.2. The quantitative estimate of drug-likeness (QED) is 0.495. The number of nitrogens with one attached hydrogen (secondary N) is 2. The zero-order chi connectivity index (χ0) is 19.2. The van der Waals surface area contributed by atoms with E-state index in [4.69, 9.17) is 4.42 Å². The van der Waals surface area contributed by atoms with Gasteiger partial charge in [-0.1, -0.05) is 23.9 Å². The summed E-state index contributed by atoms with van der Waals surface area (Å²) in [7, 11) is 0. The average Bonchev–Trinajstić information content (AvgIpc) is 3.33. The third kappa shape index (κ3) is 4.34. The first-order valence-electron chi connectivity index (χ1n) is 8.03. The van der Waals surface area contributed by atoms with E-state index in [9.17, 15) is 14.0 Å². The number of hydrogen-bond donors (Lipinski definition) is 2. The maximum absolute atomic E-state index is 13.5. The molecule has 27 heavy (non-hydrogen) atoms. The molecule has 3 rings (SSSR count). The molecule has 0 fully saturated rings. The number of hydrazine groups is 1. The topological polar surface area (TPSA) is 102 Å². The second kappa shape index (κ2) is 8.49. The van der Waals surface area contributed by atoms with Gasteiger partial charge in [-0.05, 0) is 31.2 Å². The Morgan fingerprint density at radius 2 is 2.00 bits per heavy atom. The van der Waals surface area contributed by atoms with E-state index in [-0.39, 0.29) is 11.3 Å². The van der Waals surface area contributed by atoms with Gasteiger partial charge in [0.25, 0.3) is 5.91 Å². The number of halogens is 1. The Balaban J connectivity index is 1.55. The van der Waals surface area contributed by atoms with E-state index in [1.54, 1.807) is 18.4 Å². The third-order valence-electron chi connectivity index (χ3n) is 3.54. The van der Waals surface area contributed by atoms with Crippen LogP contribution in [-0.2, 0) is 11.3 Å². The lowest BCUT2D eigenvalue weighted by Crippen LogP contribution is -2.42. The van der Waals surface area contributed by atoms with Crippen LogP contribution in [0.15, 0.2) is 52.2 Å². The molecule has 10 heteroatoms. The van der Waals surface area contributed by atoms with E-state index in [1.165, 1.54) is 24.3 Å². The van der Waals surface area contributed by atoms with Crippen molar-refractivity contribution in [3.63, 3.8) is 0 Å². The van der Waals surface area contributed by atoms with Gasteiger partial charge >= 0.3 is 0 Å². The molecule has 2 amide bonds.